The molecule has 104 valence electrons. The van der Waals surface area contributed by atoms with E-state index in [2.05, 4.69) is 10.7 Å². The maximum atomic E-state index is 12.0. The molecule has 4 N–H and O–H groups in total. The number of nitrogens with two attached hydrogens (primary N) is 1. The van der Waals surface area contributed by atoms with Crippen molar-refractivity contribution in [2.75, 3.05) is 25.2 Å². The van der Waals surface area contributed by atoms with Crippen molar-refractivity contribution in [2.45, 2.75) is 19.8 Å². The Morgan fingerprint density at radius 2 is 2.37 bits per heavy atom. The van der Waals surface area contributed by atoms with Crippen LogP contribution in [0.25, 0.3) is 0 Å². The Bertz CT molecular complexity index is 442. The number of nitrogen functional groups attached to an aromatic ring is 1. The summed E-state index contributed by atoms with van der Waals surface area (Å²) in [5.41, 5.74) is 4.98. The Labute approximate surface area is 113 Å². The molecule has 0 aromatic heterocycles. The molecule has 5 heteroatoms. The summed E-state index contributed by atoms with van der Waals surface area (Å²) in [5, 5.41) is 2.96. The van der Waals surface area contributed by atoms with Crippen LogP contribution >= 0.6 is 0 Å². The van der Waals surface area contributed by atoms with Crippen molar-refractivity contribution in [3.05, 3.63) is 29.3 Å². The molecule has 19 heavy (non-hydrogen) atoms. The fraction of sp³-hybridized carbons (Fsp3) is 0.500. The molecule has 1 saturated heterocycles. The monoisotopic (exact) mass is 263 g/mol. The van der Waals surface area contributed by atoms with Crippen LogP contribution in [0.5, 0.6) is 0 Å². The summed E-state index contributed by atoms with van der Waals surface area (Å²) in [6.45, 7) is 4.28. The topological polar surface area (TPSA) is 76.4 Å². The second-order valence-electron chi connectivity index (χ2n) is 4.95. The molecule has 0 radical (unpaired) electrons. The summed E-state index contributed by atoms with van der Waals surface area (Å²) in [4.78, 5) is 12.0. The lowest BCUT2D eigenvalue weighted by atomic mass is 10.0. The molecule has 0 bridgehead atoms. The number of amides is 1. The van der Waals surface area contributed by atoms with Crippen LogP contribution in [0.3, 0.4) is 0 Å². The van der Waals surface area contributed by atoms with Gasteiger partial charge >= 0.3 is 0 Å². The van der Waals surface area contributed by atoms with Gasteiger partial charge in [-0.3, -0.25) is 10.6 Å². The van der Waals surface area contributed by atoms with E-state index in [1.807, 2.05) is 13.0 Å². The van der Waals surface area contributed by atoms with E-state index < -0.39 is 0 Å². The number of rotatable bonds is 5. The first-order chi connectivity index (χ1) is 9.20. The number of benzene rings is 1. The number of carbonyl (C=O) groups is 1. The van der Waals surface area contributed by atoms with Gasteiger partial charge in [-0.05, 0) is 49.4 Å². The predicted octanol–water partition coefficient (Wildman–Crippen LogP) is 1.44. The van der Waals surface area contributed by atoms with E-state index in [1.54, 1.807) is 12.1 Å². The molecule has 2 rings (SSSR count). The molecule has 1 amide bonds. The summed E-state index contributed by atoms with van der Waals surface area (Å²) in [6, 6.07) is 5.45. The highest BCUT2D eigenvalue weighted by molar-refractivity contribution is 5.96. The standard InChI is InChI=1S/C14H21N3O2/c1-10-8-12(17-15)2-3-13(10)14(18)16-6-4-11-5-7-19-9-11/h2-3,8,11,17H,4-7,9,15H2,1H3,(H,16,18). The second kappa shape index (κ2) is 6.54. The minimum atomic E-state index is -0.0278. The molecule has 1 fully saturated rings. The average Bonchev–Trinajstić information content (AvgIpc) is 2.91. The zero-order chi connectivity index (χ0) is 13.7. The third-order valence-corrected chi connectivity index (χ3v) is 3.50. The van der Waals surface area contributed by atoms with Gasteiger partial charge in [0, 0.05) is 31.0 Å². The fourth-order valence-corrected chi connectivity index (χ4v) is 2.30. The van der Waals surface area contributed by atoms with Crippen molar-refractivity contribution >= 4 is 11.6 Å². The van der Waals surface area contributed by atoms with Crippen LogP contribution in [-0.4, -0.2) is 25.7 Å². The van der Waals surface area contributed by atoms with E-state index in [1.165, 1.54) is 0 Å². The molecule has 1 aromatic rings. The number of carbonyl (C=O) groups excluding carboxylic acids is 1. The molecule has 1 atom stereocenters. The van der Waals surface area contributed by atoms with Crippen LogP contribution in [0.15, 0.2) is 18.2 Å². The van der Waals surface area contributed by atoms with Gasteiger partial charge in [-0.15, -0.1) is 0 Å². The average molecular weight is 263 g/mol. The molecule has 0 spiro atoms. The summed E-state index contributed by atoms with van der Waals surface area (Å²) in [7, 11) is 0. The first kappa shape index (κ1) is 13.8. The van der Waals surface area contributed by atoms with Gasteiger partial charge in [-0.25, -0.2) is 0 Å². The van der Waals surface area contributed by atoms with Crippen LogP contribution in [0, 0.1) is 12.8 Å². The van der Waals surface area contributed by atoms with Crippen molar-refractivity contribution in [1.29, 1.82) is 0 Å². The van der Waals surface area contributed by atoms with E-state index in [0.29, 0.717) is 18.0 Å². The number of anilines is 1. The summed E-state index contributed by atoms with van der Waals surface area (Å²) in [6.07, 6.45) is 2.08. The van der Waals surface area contributed by atoms with Gasteiger partial charge in [0.15, 0.2) is 0 Å². The molecule has 1 heterocycles. The van der Waals surface area contributed by atoms with E-state index >= 15 is 0 Å². The largest absolute Gasteiger partial charge is 0.381 e. The van der Waals surface area contributed by atoms with Crippen LogP contribution in [-0.2, 0) is 4.74 Å². The predicted molar refractivity (Wildman–Crippen MR) is 74.9 cm³/mol. The van der Waals surface area contributed by atoms with Gasteiger partial charge in [0.25, 0.3) is 5.91 Å². The molecular weight excluding hydrogens is 242 g/mol. The molecule has 5 nitrogen and oxygen atoms in total. The Balaban J connectivity index is 1.85. The minimum absolute atomic E-state index is 0.0278. The number of hydrogen-bond donors (Lipinski definition) is 3. The maximum absolute atomic E-state index is 12.0. The quantitative estimate of drug-likeness (QED) is 0.555. The van der Waals surface area contributed by atoms with Gasteiger partial charge in [0.1, 0.15) is 0 Å². The SMILES string of the molecule is Cc1cc(NN)ccc1C(=O)NCCC1CCOC1. The van der Waals surface area contributed by atoms with E-state index in [-0.39, 0.29) is 5.91 Å². The van der Waals surface area contributed by atoms with E-state index in [0.717, 1.165) is 37.3 Å². The van der Waals surface area contributed by atoms with Gasteiger partial charge < -0.3 is 15.5 Å². The number of aryl methyl sites for hydroxylation is 1. The van der Waals surface area contributed by atoms with Crippen LogP contribution in [0.2, 0.25) is 0 Å². The molecule has 1 unspecified atom stereocenters. The molecule has 1 aromatic carbocycles. The normalized spacial score (nSPS) is 18.3. The number of ether oxygens (including phenoxy) is 1. The first-order valence-electron chi connectivity index (χ1n) is 6.64. The van der Waals surface area contributed by atoms with E-state index in [4.69, 9.17) is 10.6 Å². The zero-order valence-electron chi connectivity index (χ0n) is 11.2. The number of nitrogens with one attached hydrogen (secondary N) is 2. The highest BCUT2D eigenvalue weighted by atomic mass is 16.5. The summed E-state index contributed by atoms with van der Waals surface area (Å²) < 4.78 is 5.31. The van der Waals surface area contributed by atoms with Gasteiger partial charge in [0.2, 0.25) is 0 Å². The lowest BCUT2D eigenvalue weighted by molar-refractivity contribution is 0.0950. The Morgan fingerprint density at radius 3 is 3.00 bits per heavy atom. The number of hydrazine groups is 1. The molecule has 0 saturated carbocycles. The van der Waals surface area contributed by atoms with Crippen LogP contribution in [0.1, 0.15) is 28.8 Å². The third-order valence-electron chi connectivity index (χ3n) is 3.50. The smallest absolute Gasteiger partial charge is 0.251 e. The summed E-state index contributed by atoms with van der Waals surface area (Å²) >= 11 is 0. The van der Waals surface area contributed by atoms with Crippen molar-refractivity contribution in [3.63, 3.8) is 0 Å². The summed E-state index contributed by atoms with van der Waals surface area (Å²) in [5.74, 6) is 5.89. The maximum Gasteiger partial charge on any atom is 0.251 e. The minimum Gasteiger partial charge on any atom is -0.381 e. The Hall–Kier alpha value is -1.59. The van der Waals surface area contributed by atoms with Crippen molar-refractivity contribution < 1.29 is 9.53 Å². The lowest BCUT2D eigenvalue weighted by Gasteiger charge is -2.11. The molecule has 0 aliphatic carbocycles. The number of hydrogen-bond acceptors (Lipinski definition) is 4. The highest BCUT2D eigenvalue weighted by Crippen LogP contribution is 2.16. The third kappa shape index (κ3) is 3.68. The van der Waals surface area contributed by atoms with Crippen molar-refractivity contribution in [3.8, 4) is 0 Å². The van der Waals surface area contributed by atoms with Crippen molar-refractivity contribution in [1.82, 2.24) is 5.32 Å². The molecule has 1 aliphatic rings. The van der Waals surface area contributed by atoms with Gasteiger partial charge in [0.05, 0.1) is 0 Å². The van der Waals surface area contributed by atoms with Gasteiger partial charge in [-0.2, -0.15) is 0 Å². The zero-order valence-corrected chi connectivity index (χ0v) is 11.2. The lowest BCUT2D eigenvalue weighted by Crippen LogP contribution is -2.26. The molecular formula is C14H21N3O2. The second-order valence-corrected chi connectivity index (χ2v) is 4.95. The fourth-order valence-electron chi connectivity index (χ4n) is 2.30. The first-order valence-corrected chi connectivity index (χ1v) is 6.64. The Kier molecular flexibility index (Phi) is 4.76. The van der Waals surface area contributed by atoms with Crippen molar-refractivity contribution in [2.24, 2.45) is 11.8 Å². The van der Waals surface area contributed by atoms with Gasteiger partial charge in [-0.1, -0.05) is 0 Å². The highest BCUT2D eigenvalue weighted by Gasteiger charge is 2.16. The van der Waals surface area contributed by atoms with Crippen LogP contribution in [0.4, 0.5) is 5.69 Å². The molecule has 1 aliphatic heterocycles. The van der Waals surface area contributed by atoms with Crippen LogP contribution < -0.4 is 16.6 Å². The van der Waals surface area contributed by atoms with E-state index in [9.17, 15) is 4.79 Å². The Morgan fingerprint density at radius 1 is 1.53 bits per heavy atom.